The Morgan fingerprint density at radius 1 is 1.03 bits per heavy atom. The molecular formula is C25H26FN3O3. The van der Waals surface area contributed by atoms with Gasteiger partial charge in [0.1, 0.15) is 11.4 Å². The van der Waals surface area contributed by atoms with Gasteiger partial charge < -0.3 is 4.90 Å². The molecule has 32 heavy (non-hydrogen) atoms. The summed E-state index contributed by atoms with van der Waals surface area (Å²) in [5.74, 6) is -2.41. The monoisotopic (exact) mass is 435 g/mol. The second-order valence-electron chi connectivity index (χ2n) is 9.43. The number of hydrogen-bond acceptors (Lipinski definition) is 4. The molecule has 2 aromatic rings. The highest BCUT2D eigenvalue weighted by Crippen LogP contribution is 2.55. The Balaban J connectivity index is 1.65. The number of imide groups is 1. The van der Waals surface area contributed by atoms with Crippen LogP contribution in [0.5, 0.6) is 0 Å². The molecule has 2 saturated heterocycles. The Bertz CT molecular complexity index is 1130. The molecule has 0 unspecified atom stereocenters. The molecule has 4 atom stereocenters. The standard InChI is InChI=1S/C25H26FN3O3/c1-14(2)12-18-20-21(23(31)28(3)22(20)30)25(27-18)16-9-5-7-11-19(16)29(24(25)32)13-15-8-4-6-10-17(15)26/h4-11,14,18,20-21,27H,12-13H2,1-3H3/t18-,20+,21-,25-/m0/s1. The van der Waals surface area contributed by atoms with Gasteiger partial charge in [0.2, 0.25) is 11.8 Å². The second-order valence-corrected chi connectivity index (χ2v) is 9.43. The van der Waals surface area contributed by atoms with Gasteiger partial charge in [0, 0.05) is 29.9 Å². The number of rotatable bonds is 4. The lowest BCUT2D eigenvalue weighted by molar-refractivity contribution is -0.141. The van der Waals surface area contributed by atoms with Gasteiger partial charge in [-0.25, -0.2) is 4.39 Å². The fourth-order valence-electron chi connectivity index (χ4n) is 5.76. The number of nitrogens with one attached hydrogen (secondary N) is 1. The van der Waals surface area contributed by atoms with Crippen LogP contribution >= 0.6 is 0 Å². The van der Waals surface area contributed by atoms with Gasteiger partial charge in [-0.3, -0.25) is 24.6 Å². The first-order chi connectivity index (χ1) is 15.3. The van der Waals surface area contributed by atoms with Crippen LogP contribution in [0.4, 0.5) is 10.1 Å². The summed E-state index contributed by atoms with van der Waals surface area (Å²) in [6, 6.07) is 13.4. The average Bonchev–Trinajstić information content (AvgIpc) is 3.30. The molecule has 1 spiro atoms. The second kappa shape index (κ2) is 7.24. The maximum atomic E-state index is 14.4. The first-order valence-electron chi connectivity index (χ1n) is 11.0. The molecule has 5 rings (SSSR count). The van der Waals surface area contributed by atoms with Gasteiger partial charge in [0.15, 0.2) is 0 Å². The van der Waals surface area contributed by atoms with Crippen molar-refractivity contribution in [3.05, 3.63) is 65.5 Å². The first-order valence-corrected chi connectivity index (χ1v) is 11.0. The van der Waals surface area contributed by atoms with Crippen LogP contribution in [0.3, 0.4) is 0 Å². The van der Waals surface area contributed by atoms with E-state index in [-0.39, 0.29) is 42.0 Å². The van der Waals surface area contributed by atoms with Crippen molar-refractivity contribution in [2.75, 3.05) is 11.9 Å². The Morgan fingerprint density at radius 2 is 1.72 bits per heavy atom. The maximum Gasteiger partial charge on any atom is 0.253 e. The smallest absolute Gasteiger partial charge is 0.253 e. The number of likely N-dealkylation sites (tertiary alicyclic amines) is 1. The molecule has 3 aliphatic heterocycles. The van der Waals surface area contributed by atoms with Crippen LogP contribution in [0.2, 0.25) is 0 Å². The molecule has 0 aliphatic carbocycles. The van der Waals surface area contributed by atoms with Crippen LogP contribution in [0.15, 0.2) is 48.5 Å². The van der Waals surface area contributed by atoms with Crippen molar-refractivity contribution in [1.82, 2.24) is 10.2 Å². The fourth-order valence-corrected chi connectivity index (χ4v) is 5.76. The third-order valence-corrected chi connectivity index (χ3v) is 7.10. The number of anilines is 1. The number of nitrogens with zero attached hydrogens (tertiary/aromatic N) is 2. The molecule has 3 heterocycles. The normalized spacial score (nSPS) is 28.9. The summed E-state index contributed by atoms with van der Waals surface area (Å²) in [7, 11) is 1.49. The number of amides is 3. The summed E-state index contributed by atoms with van der Waals surface area (Å²) in [6.45, 7) is 4.17. The quantitative estimate of drug-likeness (QED) is 0.750. The Hall–Kier alpha value is -3.06. The summed E-state index contributed by atoms with van der Waals surface area (Å²) < 4.78 is 14.4. The molecule has 0 aromatic heterocycles. The fraction of sp³-hybridized carbons (Fsp3) is 0.400. The molecule has 0 bridgehead atoms. The van der Waals surface area contributed by atoms with Crippen LogP contribution in [0, 0.1) is 23.6 Å². The predicted octanol–water partition coefficient (Wildman–Crippen LogP) is 2.82. The predicted molar refractivity (Wildman–Crippen MR) is 117 cm³/mol. The molecule has 0 saturated carbocycles. The van der Waals surface area contributed by atoms with Gasteiger partial charge in [-0.2, -0.15) is 0 Å². The number of benzene rings is 2. The van der Waals surface area contributed by atoms with Gasteiger partial charge in [-0.15, -0.1) is 0 Å². The minimum Gasteiger partial charge on any atom is -0.306 e. The van der Waals surface area contributed by atoms with E-state index >= 15 is 0 Å². The summed E-state index contributed by atoms with van der Waals surface area (Å²) in [5, 5.41) is 3.46. The van der Waals surface area contributed by atoms with Crippen molar-refractivity contribution in [3.8, 4) is 0 Å². The molecule has 1 N–H and O–H groups in total. The van der Waals surface area contributed by atoms with Crippen LogP contribution < -0.4 is 10.2 Å². The molecule has 0 radical (unpaired) electrons. The van der Waals surface area contributed by atoms with Crippen molar-refractivity contribution in [2.24, 2.45) is 17.8 Å². The van der Waals surface area contributed by atoms with E-state index in [1.165, 1.54) is 18.0 Å². The maximum absolute atomic E-state index is 14.4. The number of carbonyl (C=O) groups excluding carboxylic acids is 3. The highest BCUT2D eigenvalue weighted by molar-refractivity contribution is 6.15. The lowest BCUT2D eigenvalue weighted by Crippen LogP contribution is -2.54. The van der Waals surface area contributed by atoms with E-state index in [1.54, 1.807) is 23.1 Å². The summed E-state index contributed by atoms with van der Waals surface area (Å²) in [6.07, 6.45) is 0.665. The van der Waals surface area contributed by atoms with E-state index in [0.717, 1.165) is 0 Å². The van der Waals surface area contributed by atoms with Crippen LogP contribution in [0.1, 0.15) is 31.4 Å². The van der Waals surface area contributed by atoms with Crippen LogP contribution in [-0.4, -0.2) is 35.7 Å². The largest absolute Gasteiger partial charge is 0.306 e. The van der Waals surface area contributed by atoms with E-state index < -0.39 is 17.4 Å². The topological polar surface area (TPSA) is 69.7 Å². The van der Waals surface area contributed by atoms with Crippen molar-refractivity contribution >= 4 is 23.4 Å². The van der Waals surface area contributed by atoms with E-state index in [2.05, 4.69) is 19.2 Å². The van der Waals surface area contributed by atoms with Gasteiger partial charge in [-0.1, -0.05) is 50.2 Å². The van der Waals surface area contributed by atoms with Crippen molar-refractivity contribution in [2.45, 2.75) is 38.4 Å². The zero-order valence-electron chi connectivity index (χ0n) is 18.3. The zero-order chi connectivity index (χ0) is 22.8. The lowest BCUT2D eigenvalue weighted by Gasteiger charge is -2.30. The number of carbonyl (C=O) groups is 3. The number of para-hydroxylation sites is 1. The van der Waals surface area contributed by atoms with E-state index in [9.17, 15) is 18.8 Å². The van der Waals surface area contributed by atoms with Crippen LogP contribution in [-0.2, 0) is 26.5 Å². The van der Waals surface area contributed by atoms with Crippen LogP contribution in [0.25, 0.3) is 0 Å². The highest BCUT2D eigenvalue weighted by Gasteiger charge is 2.71. The van der Waals surface area contributed by atoms with E-state index in [1.807, 2.05) is 24.3 Å². The third kappa shape index (κ3) is 2.70. The van der Waals surface area contributed by atoms with Crippen molar-refractivity contribution in [3.63, 3.8) is 0 Å². The first kappa shape index (κ1) is 20.8. The van der Waals surface area contributed by atoms with Crippen molar-refractivity contribution < 1.29 is 18.8 Å². The zero-order valence-corrected chi connectivity index (χ0v) is 18.3. The molecule has 2 aromatic carbocycles. The van der Waals surface area contributed by atoms with Gasteiger partial charge in [0.25, 0.3) is 5.91 Å². The van der Waals surface area contributed by atoms with Gasteiger partial charge >= 0.3 is 0 Å². The van der Waals surface area contributed by atoms with Gasteiger partial charge in [-0.05, 0) is 24.5 Å². The minimum absolute atomic E-state index is 0.0517. The summed E-state index contributed by atoms with van der Waals surface area (Å²) in [5.41, 5.74) is 0.391. The molecule has 166 valence electrons. The van der Waals surface area contributed by atoms with E-state index in [4.69, 9.17) is 0 Å². The Kier molecular flexibility index (Phi) is 4.71. The molecule has 6 nitrogen and oxygen atoms in total. The van der Waals surface area contributed by atoms with E-state index in [0.29, 0.717) is 23.2 Å². The minimum atomic E-state index is -1.33. The average molecular weight is 435 g/mol. The number of hydrogen-bond donors (Lipinski definition) is 1. The van der Waals surface area contributed by atoms with Gasteiger partial charge in [0.05, 0.1) is 18.4 Å². The SMILES string of the molecule is CC(C)C[C@@H]1N[C@]2(C(=O)N(Cc3ccccc3F)c3ccccc32)[C@@H]2C(=O)N(C)C(=O)[C@H]12. The molecular weight excluding hydrogens is 409 g/mol. The summed E-state index contributed by atoms with van der Waals surface area (Å²) >= 11 is 0. The molecule has 2 fully saturated rings. The lowest BCUT2D eigenvalue weighted by atomic mass is 9.76. The Labute approximate surface area is 186 Å². The number of fused-ring (bicyclic) bond motifs is 4. The third-order valence-electron chi connectivity index (χ3n) is 7.10. The molecule has 3 amide bonds. The Morgan fingerprint density at radius 3 is 2.44 bits per heavy atom. The molecule has 3 aliphatic rings. The summed E-state index contributed by atoms with van der Waals surface area (Å²) in [4.78, 5) is 43.2. The highest BCUT2D eigenvalue weighted by atomic mass is 19.1. The van der Waals surface area contributed by atoms with Crippen molar-refractivity contribution in [1.29, 1.82) is 0 Å². The number of halogens is 1. The molecule has 7 heteroatoms.